The first kappa shape index (κ1) is 16.0. The van der Waals surface area contributed by atoms with Gasteiger partial charge in [0.1, 0.15) is 0 Å². The first-order valence-electron chi connectivity index (χ1n) is 8.32. The number of aryl methyl sites for hydroxylation is 2. The number of rotatable bonds is 4. The highest BCUT2D eigenvalue weighted by Crippen LogP contribution is 2.24. The molecule has 7 heteroatoms. The molecule has 2 saturated heterocycles. The topological polar surface area (TPSA) is 70.5 Å². The molecule has 1 N–H and O–H groups in total. The van der Waals surface area contributed by atoms with Crippen LogP contribution in [0.15, 0.2) is 6.07 Å². The first-order chi connectivity index (χ1) is 11.0. The molecule has 1 atom stereocenters. The minimum absolute atomic E-state index is 0.0259. The summed E-state index contributed by atoms with van der Waals surface area (Å²) >= 11 is 0. The van der Waals surface area contributed by atoms with Crippen LogP contribution in [0.5, 0.6) is 0 Å². The van der Waals surface area contributed by atoms with E-state index in [9.17, 15) is 9.59 Å². The molecule has 0 unspecified atom stereocenters. The van der Waals surface area contributed by atoms with E-state index in [-0.39, 0.29) is 30.3 Å². The molecule has 7 nitrogen and oxygen atoms in total. The number of amides is 2. The average molecular weight is 319 g/mol. The second-order valence-electron chi connectivity index (χ2n) is 6.46. The van der Waals surface area contributed by atoms with Crippen molar-refractivity contribution in [3.05, 3.63) is 17.5 Å². The monoisotopic (exact) mass is 319 g/mol. The number of hydrogen-bond donors (Lipinski definition) is 1. The number of hydrogen-bond acceptors (Lipinski definition) is 4. The summed E-state index contributed by atoms with van der Waals surface area (Å²) in [6.45, 7) is 9.68. The summed E-state index contributed by atoms with van der Waals surface area (Å²) in [5, 5.41) is 7.34. The van der Waals surface area contributed by atoms with Crippen LogP contribution in [0.4, 0.5) is 0 Å². The van der Waals surface area contributed by atoms with Crippen molar-refractivity contribution in [2.24, 2.45) is 0 Å². The lowest BCUT2D eigenvalue weighted by Gasteiger charge is -2.41. The third-order valence-electron chi connectivity index (χ3n) is 4.82. The number of carbonyl (C=O) groups is 2. The van der Waals surface area contributed by atoms with Crippen molar-refractivity contribution in [1.29, 1.82) is 0 Å². The molecule has 2 amide bonds. The lowest BCUT2D eigenvalue weighted by molar-refractivity contribution is -0.143. The number of nitrogens with zero attached hydrogens (tertiary/aromatic N) is 4. The Hall–Kier alpha value is -1.89. The molecule has 0 radical (unpaired) electrons. The lowest BCUT2D eigenvalue weighted by atomic mass is 10.0. The van der Waals surface area contributed by atoms with E-state index in [4.69, 9.17) is 0 Å². The molecule has 0 saturated carbocycles. The van der Waals surface area contributed by atoms with Gasteiger partial charge in [-0.3, -0.25) is 19.2 Å². The van der Waals surface area contributed by atoms with E-state index >= 15 is 0 Å². The van der Waals surface area contributed by atoms with Gasteiger partial charge in [-0.05, 0) is 26.5 Å². The van der Waals surface area contributed by atoms with Crippen LogP contribution >= 0.6 is 0 Å². The summed E-state index contributed by atoms with van der Waals surface area (Å²) < 4.78 is 2.00. The van der Waals surface area contributed by atoms with Gasteiger partial charge in [0.05, 0.1) is 24.2 Å². The van der Waals surface area contributed by atoms with Crippen LogP contribution in [0.3, 0.4) is 0 Å². The van der Waals surface area contributed by atoms with E-state index in [0.29, 0.717) is 19.6 Å². The van der Waals surface area contributed by atoms with E-state index < -0.39 is 0 Å². The fraction of sp³-hybridized carbons (Fsp3) is 0.688. The highest BCUT2D eigenvalue weighted by atomic mass is 16.2. The molecular weight excluding hydrogens is 294 g/mol. The maximum absolute atomic E-state index is 12.5. The molecule has 1 aromatic heterocycles. The summed E-state index contributed by atoms with van der Waals surface area (Å²) in [7, 11) is 0. The molecule has 0 aromatic carbocycles. The van der Waals surface area contributed by atoms with Gasteiger partial charge in [0.15, 0.2) is 0 Å². The summed E-state index contributed by atoms with van der Waals surface area (Å²) in [4.78, 5) is 28.4. The van der Waals surface area contributed by atoms with Gasteiger partial charge in [0.25, 0.3) is 0 Å². The molecular formula is C16H25N5O2. The number of piperazine rings is 1. The van der Waals surface area contributed by atoms with Crippen LogP contribution in [-0.4, -0.2) is 70.2 Å². The molecule has 3 heterocycles. The van der Waals surface area contributed by atoms with Crippen LogP contribution in [0.1, 0.15) is 30.8 Å². The zero-order valence-electron chi connectivity index (χ0n) is 14.1. The van der Waals surface area contributed by atoms with Crippen LogP contribution in [-0.2, 0) is 9.59 Å². The Labute approximate surface area is 136 Å². The third-order valence-corrected chi connectivity index (χ3v) is 4.82. The van der Waals surface area contributed by atoms with E-state index in [1.807, 2.05) is 30.4 Å². The normalized spacial score (nSPS) is 22.8. The maximum atomic E-state index is 12.5. The van der Waals surface area contributed by atoms with Gasteiger partial charge in [-0.15, -0.1) is 0 Å². The fourth-order valence-electron chi connectivity index (χ4n) is 3.49. The Bertz CT molecular complexity index is 606. The minimum atomic E-state index is -0.325. The van der Waals surface area contributed by atoms with Crippen LogP contribution in [0.2, 0.25) is 0 Å². The zero-order valence-corrected chi connectivity index (χ0v) is 14.1. The predicted molar refractivity (Wildman–Crippen MR) is 86.0 cm³/mol. The van der Waals surface area contributed by atoms with Crippen molar-refractivity contribution < 1.29 is 9.59 Å². The van der Waals surface area contributed by atoms with E-state index in [2.05, 4.69) is 21.4 Å². The highest BCUT2D eigenvalue weighted by molar-refractivity contribution is 5.89. The van der Waals surface area contributed by atoms with Crippen LogP contribution in [0.25, 0.3) is 0 Å². The average Bonchev–Trinajstić information content (AvgIpc) is 2.78. The van der Waals surface area contributed by atoms with Crippen molar-refractivity contribution in [2.45, 2.75) is 39.3 Å². The number of carbonyl (C=O) groups excluding carboxylic acids is 2. The molecule has 0 aliphatic carbocycles. The fourth-order valence-corrected chi connectivity index (χ4v) is 3.49. The van der Waals surface area contributed by atoms with Crippen LogP contribution < -0.4 is 5.32 Å². The molecule has 23 heavy (non-hydrogen) atoms. The molecule has 0 spiro atoms. The summed E-state index contributed by atoms with van der Waals surface area (Å²) in [6.07, 6.45) is 0.267. The molecule has 126 valence electrons. The number of aromatic nitrogens is 2. The Kier molecular flexibility index (Phi) is 4.39. The molecule has 2 aliphatic heterocycles. The Balaban J connectivity index is 1.56. The van der Waals surface area contributed by atoms with Crippen molar-refractivity contribution >= 4 is 11.8 Å². The van der Waals surface area contributed by atoms with E-state index in [1.54, 1.807) is 0 Å². The van der Waals surface area contributed by atoms with Crippen LogP contribution in [0, 0.1) is 13.8 Å². The van der Waals surface area contributed by atoms with Gasteiger partial charge >= 0.3 is 0 Å². The minimum Gasteiger partial charge on any atom is -0.353 e. The van der Waals surface area contributed by atoms with E-state index in [0.717, 1.165) is 24.5 Å². The number of nitrogens with one attached hydrogen (secondary N) is 1. The smallest absolute Gasteiger partial charge is 0.237 e. The van der Waals surface area contributed by atoms with E-state index in [1.165, 1.54) is 0 Å². The third kappa shape index (κ3) is 3.10. The van der Waals surface area contributed by atoms with Gasteiger partial charge in [0.2, 0.25) is 11.8 Å². The molecule has 2 fully saturated rings. The predicted octanol–water partition coefficient (Wildman–Crippen LogP) is 0.0936. The molecule has 3 rings (SSSR count). The number of likely N-dealkylation sites (tertiary alicyclic amines) is 1. The highest BCUT2D eigenvalue weighted by Gasteiger charge is 2.37. The van der Waals surface area contributed by atoms with Crippen molar-refractivity contribution in [1.82, 2.24) is 24.9 Å². The largest absolute Gasteiger partial charge is 0.353 e. The number of likely N-dealkylation sites (N-methyl/N-ethyl adjacent to an activating group) is 1. The molecule has 1 aromatic rings. The second-order valence-corrected chi connectivity index (χ2v) is 6.46. The van der Waals surface area contributed by atoms with Gasteiger partial charge < -0.3 is 10.2 Å². The van der Waals surface area contributed by atoms with Gasteiger partial charge in [-0.25, -0.2) is 0 Å². The molecule has 0 bridgehead atoms. The van der Waals surface area contributed by atoms with Gasteiger partial charge in [0, 0.05) is 31.9 Å². The maximum Gasteiger partial charge on any atom is 0.237 e. The standard InChI is InChI=1S/C16H25N5O2/c1-4-19-6-5-17-16(23)14(19)8-15(22)20-9-13(10-20)21-12(3)7-11(2)18-21/h7,13-14H,4-6,8-10H2,1-3H3,(H,17,23)/t14-/m0/s1. The lowest BCUT2D eigenvalue weighted by Crippen LogP contribution is -2.58. The summed E-state index contributed by atoms with van der Waals surface area (Å²) in [5.74, 6) is 0.0327. The van der Waals surface area contributed by atoms with Gasteiger partial charge in [-0.1, -0.05) is 6.92 Å². The second kappa shape index (κ2) is 6.31. The quantitative estimate of drug-likeness (QED) is 0.854. The Morgan fingerprint density at radius 3 is 2.74 bits per heavy atom. The molecule has 2 aliphatic rings. The van der Waals surface area contributed by atoms with Crippen molar-refractivity contribution in [3.8, 4) is 0 Å². The van der Waals surface area contributed by atoms with Gasteiger partial charge in [-0.2, -0.15) is 5.10 Å². The summed E-state index contributed by atoms with van der Waals surface area (Å²) in [6, 6.07) is 1.99. The Morgan fingerprint density at radius 1 is 1.39 bits per heavy atom. The Morgan fingerprint density at radius 2 is 2.13 bits per heavy atom. The van der Waals surface area contributed by atoms with Crippen molar-refractivity contribution in [3.63, 3.8) is 0 Å². The zero-order chi connectivity index (χ0) is 16.6. The first-order valence-corrected chi connectivity index (χ1v) is 8.32. The van der Waals surface area contributed by atoms with Crippen molar-refractivity contribution in [2.75, 3.05) is 32.7 Å². The SMILES string of the molecule is CCN1CCNC(=O)[C@@H]1CC(=O)N1CC(n2nc(C)cc2C)C1. The summed E-state index contributed by atoms with van der Waals surface area (Å²) in [5.41, 5.74) is 2.13.